The van der Waals surface area contributed by atoms with Crippen molar-refractivity contribution in [1.82, 2.24) is 0 Å². The maximum atomic E-state index is 12.2. The third kappa shape index (κ3) is 3.45. The number of methoxy groups -OCH3 is 1. The summed E-state index contributed by atoms with van der Waals surface area (Å²) < 4.78 is 10.4. The summed E-state index contributed by atoms with van der Waals surface area (Å²) in [4.78, 5) is 23.5. The summed E-state index contributed by atoms with van der Waals surface area (Å²) in [6.45, 7) is 7.83. The van der Waals surface area contributed by atoms with Gasteiger partial charge in [0.15, 0.2) is 0 Å². The first-order valence-electron chi connectivity index (χ1n) is 11.6. The molecule has 4 nitrogen and oxygen atoms in total. The van der Waals surface area contributed by atoms with Crippen LogP contribution in [-0.2, 0) is 19.1 Å². The molecule has 3 saturated carbocycles. The number of allylic oxidation sites excluding steroid dienone is 2. The Balaban J connectivity index is 1.47. The molecule has 1 spiro atoms. The lowest BCUT2D eigenvalue weighted by atomic mass is 9.40. The lowest BCUT2D eigenvalue weighted by Gasteiger charge is -2.64. The minimum atomic E-state index is -0.357. The van der Waals surface area contributed by atoms with Crippen LogP contribution in [0.25, 0.3) is 0 Å². The van der Waals surface area contributed by atoms with Gasteiger partial charge in [0.25, 0.3) is 0 Å². The molecule has 0 N–H and O–H groups in total. The van der Waals surface area contributed by atoms with Gasteiger partial charge in [-0.15, -0.1) is 0 Å². The van der Waals surface area contributed by atoms with Crippen LogP contribution >= 0.6 is 0 Å². The monoisotopic (exact) mass is 402 g/mol. The Bertz CT molecular complexity index is 714. The standard InChI is InChI=1S/C25H38O4/c1-22-12-8-19-24(3)11-5-10-23(2,17-29-21(27)7-6-20(26)28-4)18(24)9-13-25(19,16-22)15-14-22/h14-15,18-19H,5-13,16-17H2,1-4H3/t18-,19+,22+,23-,24+,25-/m0/s1. The van der Waals surface area contributed by atoms with Crippen LogP contribution in [0, 0.1) is 33.5 Å². The first-order chi connectivity index (χ1) is 13.6. The van der Waals surface area contributed by atoms with Crippen molar-refractivity contribution < 1.29 is 19.1 Å². The summed E-state index contributed by atoms with van der Waals surface area (Å²) in [5.41, 5.74) is 1.21. The molecule has 4 rings (SSSR count). The highest BCUT2D eigenvalue weighted by atomic mass is 16.5. The van der Waals surface area contributed by atoms with Crippen molar-refractivity contribution in [2.75, 3.05) is 13.7 Å². The average Bonchev–Trinajstić information content (AvgIpc) is 2.93. The Kier molecular flexibility index (Phi) is 5.15. The van der Waals surface area contributed by atoms with Crippen molar-refractivity contribution in [2.45, 2.75) is 85.0 Å². The molecule has 0 aliphatic heterocycles. The number of hydrogen-bond donors (Lipinski definition) is 0. The lowest BCUT2D eigenvalue weighted by molar-refractivity contribution is -0.172. The van der Waals surface area contributed by atoms with E-state index in [1.54, 1.807) is 0 Å². The molecule has 0 amide bonds. The van der Waals surface area contributed by atoms with Gasteiger partial charge in [-0.25, -0.2) is 0 Å². The molecule has 4 aliphatic rings. The second-order valence-corrected chi connectivity index (χ2v) is 11.3. The van der Waals surface area contributed by atoms with Crippen LogP contribution in [0.15, 0.2) is 12.2 Å². The van der Waals surface area contributed by atoms with Crippen molar-refractivity contribution in [3.05, 3.63) is 12.2 Å². The Morgan fingerprint density at radius 2 is 1.66 bits per heavy atom. The molecule has 0 heterocycles. The third-order valence-corrected chi connectivity index (χ3v) is 9.37. The summed E-state index contributed by atoms with van der Waals surface area (Å²) in [7, 11) is 1.35. The van der Waals surface area contributed by atoms with Crippen LogP contribution in [-0.4, -0.2) is 25.7 Å². The normalized spacial score (nSPS) is 45.2. The van der Waals surface area contributed by atoms with Crippen molar-refractivity contribution in [1.29, 1.82) is 0 Å². The number of rotatable bonds is 5. The average molecular weight is 403 g/mol. The van der Waals surface area contributed by atoms with Crippen molar-refractivity contribution >= 4 is 11.9 Å². The van der Waals surface area contributed by atoms with E-state index >= 15 is 0 Å². The van der Waals surface area contributed by atoms with E-state index in [4.69, 9.17) is 4.74 Å². The van der Waals surface area contributed by atoms with E-state index in [1.165, 1.54) is 52.1 Å². The molecule has 0 saturated heterocycles. The summed E-state index contributed by atoms with van der Waals surface area (Å²) in [5.74, 6) is 0.731. The molecule has 0 unspecified atom stereocenters. The van der Waals surface area contributed by atoms with Crippen molar-refractivity contribution in [3.63, 3.8) is 0 Å². The topological polar surface area (TPSA) is 52.6 Å². The van der Waals surface area contributed by atoms with E-state index in [9.17, 15) is 9.59 Å². The van der Waals surface area contributed by atoms with Crippen LogP contribution in [0.2, 0.25) is 0 Å². The molecule has 6 atom stereocenters. The van der Waals surface area contributed by atoms with Crippen LogP contribution < -0.4 is 0 Å². The van der Waals surface area contributed by atoms with E-state index in [0.717, 1.165) is 12.3 Å². The molecule has 4 aliphatic carbocycles. The molecule has 0 aromatic heterocycles. The van der Waals surface area contributed by atoms with E-state index in [-0.39, 0.29) is 30.2 Å². The fourth-order valence-corrected chi connectivity index (χ4v) is 8.06. The van der Waals surface area contributed by atoms with Crippen molar-refractivity contribution in [3.8, 4) is 0 Å². The molecule has 0 aromatic rings. The van der Waals surface area contributed by atoms with Gasteiger partial charge in [-0.2, -0.15) is 0 Å². The van der Waals surface area contributed by atoms with Gasteiger partial charge in [0.2, 0.25) is 0 Å². The number of esters is 2. The lowest BCUT2D eigenvalue weighted by Crippen LogP contribution is -2.58. The van der Waals surface area contributed by atoms with Crippen molar-refractivity contribution in [2.24, 2.45) is 33.5 Å². The highest BCUT2D eigenvalue weighted by molar-refractivity contribution is 5.77. The fourth-order valence-electron chi connectivity index (χ4n) is 8.06. The number of carbonyl (C=O) groups excluding carboxylic acids is 2. The van der Waals surface area contributed by atoms with Gasteiger partial charge in [0.1, 0.15) is 0 Å². The minimum absolute atomic E-state index is 0.0403. The van der Waals surface area contributed by atoms with E-state index in [1.807, 2.05) is 0 Å². The first-order valence-corrected chi connectivity index (χ1v) is 11.6. The number of fused-ring (bicyclic) bond motifs is 3. The second-order valence-electron chi connectivity index (χ2n) is 11.3. The Hall–Kier alpha value is -1.32. The highest BCUT2D eigenvalue weighted by Gasteiger charge is 2.63. The minimum Gasteiger partial charge on any atom is -0.469 e. The maximum Gasteiger partial charge on any atom is 0.306 e. The second kappa shape index (κ2) is 7.13. The SMILES string of the molecule is COC(=O)CCC(=O)OC[C@]1(C)CCC[C@]2(C)[C@H]1CC[C@@]13C=C[C@@](C)(CC[C@@H]12)C3. The number of ether oxygens (including phenoxy) is 2. The van der Waals surface area contributed by atoms with Gasteiger partial charge in [0, 0.05) is 5.41 Å². The maximum absolute atomic E-state index is 12.2. The molecule has 29 heavy (non-hydrogen) atoms. The fraction of sp³-hybridized carbons (Fsp3) is 0.840. The first kappa shape index (κ1) is 20.9. The Morgan fingerprint density at radius 3 is 2.41 bits per heavy atom. The number of hydrogen-bond acceptors (Lipinski definition) is 4. The quantitative estimate of drug-likeness (QED) is 0.453. The summed E-state index contributed by atoms with van der Waals surface area (Å²) in [5, 5.41) is 0. The van der Waals surface area contributed by atoms with Gasteiger partial charge in [-0.3, -0.25) is 9.59 Å². The predicted octanol–water partition coefficient (Wildman–Crippen LogP) is 5.45. The van der Waals surface area contributed by atoms with E-state index in [0.29, 0.717) is 28.8 Å². The van der Waals surface area contributed by atoms with Crippen LogP contribution in [0.5, 0.6) is 0 Å². The molecule has 162 valence electrons. The molecule has 0 aromatic carbocycles. The molecule has 0 radical (unpaired) electrons. The van der Waals surface area contributed by atoms with Gasteiger partial charge in [0.05, 0.1) is 26.6 Å². The zero-order chi connectivity index (χ0) is 20.9. The van der Waals surface area contributed by atoms with E-state index in [2.05, 4.69) is 37.7 Å². The Morgan fingerprint density at radius 1 is 0.931 bits per heavy atom. The molecular weight excluding hydrogens is 364 g/mol. The summed E-state index contributed by atoms with van der Waals surface area (Å²) in [6, 6.07) is 0. The molecule has 4 heteroatoms. The van der Waals surface area contributed by atoms with Crippen LogP contribution in [0.4, 0.5) is 0 Å². The van der Waals surface area contributed by atoms with Gasteiger partial charge >= 0.3 is 11.9 Å². The number of carbonyl (C=O) groups is 2. The molecule has 2 bridgehead atoms. The third-order valence-electron chi connectivity index (χ3n) is 9.37. The zero-order valence-electron chi connectivity index (χ0n) is 18.7. The Labute approximate surface area is 175 Å². The van der Waals surface area contributed by atoms with Crippen LogP contribution in [0.1, 0.15) is 85.0 Å². The zero-order valence-corrected chi connectivity index (χ0v) is 18.7. The predicted molar refractivity (Wildman–Crippen MR) is 112 cm³/mol. The molecule has 3 fully saturated rings. The van der Waals surface area contributed by atoms with Gasteiger partial charge in [-0.05, 0) is 73.0 Å². The summed E-state index contributed by atoms with van der Waals surface area (Å²) in [6.07, 6.45) is 15.5. The van der Waals surface area contributed by atoms with Gasteiger partial charge < -0.3 is 9.47 Å². The smallest absolute Gasteiger partial charge is 0.306 e. The van der Waals surface area contributed by atoms with Gasteiger partial charge in [-0.1, -0.05) is 39.3 Å². The summed E-state index contributed by atoms with van der Waals surface area (Å²) >= 11 is 0. The van der Waals surface area contributed by atoms with Crippen LogP contribution in [0.3, 0.4) is 0 Å². The highest BCUT2D eigenvalue weighted by Crippen LogP contribution is 2.71. The molecular formula is C25H38O4. The van der Waals surface area contributed by atoms with E-state index < -0.39 is 0 Å². The largest absolute Gasteiger partial charge is 0.469 e.